The summed E-state index contributed by atoms with van der Waals surface area (Å²) in [5, 5.41) is 2.75. The lowest BCUT2D eigenvalue weighted by Crippen LogP contribution is -2.27. The van der Waals surface area contributed by atoms with Gasteiger partial charge in [-0.25, -0.2) is 0 Å². The first-order chi connectivity index (χ1) is 9.70. The molecule has 0 aliphatic heterocycles. The number of nitrogens with one attached hydrogen (secondary N) is 1. The van der Waals surface area contributed by atoms with Crippen molar-refractivity contribution in [2.45, 2.75) is 39.5 Å². The molecule has 6 nitrogen and oxygen atoms in total. The molecule has 0 aromatic heterocycles. The van der Waals surface area contributed by atoms with Gasteiger partial charge in [-0.1, -0.05) is 13.8 Å². The summed E-state index contributed by atoms with van der Waals surface area (Å²) in [5.74, 6) is -0.177. The Hall–Kier alpha value is -1.14. The highest BCUT2D eigenvalue weighted by Crippen LogP contribution is 1.90. The fourth-order valence-electron chi connectivity index (χ4n) is 1.34. The van der Waals surface area contributed by atoms with Gasteiger partial charge in [-0.05, 0) is 12.8 Å². The van der Waals surface area contributed by atoms with Crippen molar-refractivity contribution in [3.63, 3.8) is 0 Å². The number of hydrogen-bond acceptors (Lipinski definition) is 5. The number of hydrogen-bond donors (Lipinski definition) is 1. The average molecular weight is 289 g/mol. The summed E-state index contributed by atoms with van der Waals surface area (Å²) >= 11 is 0. The van der Waals surface area contributed by atoms with Crippen LogP contribution >= 0.6 is 0 Å². The van der Waals surface area contributed by atoms with Gasteiger partial charge >= 0.3 is 5.97 Å². The largest absolute Gasteiger partial charge is 0.466 e. The lowest BCUT2D eigenvalue weighted by molar-refractivity contribution is -0.145. The molecule has 0 saturated carbocycles. The predicted octanol–water partition coefficient (Wildman–Crippen LogP) is 1.28. The Bertz CT molecular complexity index is 258. The van der Waals surface area contributed by atoms with Crippen molar-refractivity contribution in [1.82, 2.24) is 5.32 Å². The van der Waals surface area contributed by atoms with E-state index in [1.807, 2.05) is 13.8 Å². The van der Waals surface area contributed by atoms with Gasteiger partial charge in [0.05, 0.1) is 39.5 Å². The molecule has 0 aromatic carbocycles. The number of rotatable bonds is 13. The molecule has 0 fully saturated rings. The zero-order valence-corrected chi connectivity index (χ0v) is 12.6. The second-order valence-corrected chi connectivity index (χ2v) is 4.30. The fraction of sp³-hybridized carbons (Fsp3) is 0.857. The van der Waals surface area contributed by atoms with Crippen molar-refractivity contribution >= 4 is 11.9 Å². The van der Waals surface area contributed by atoms with Gasteiger partial charge in [0.25, 0.3) is 0 Å². The van der Waals surface area contributed by atoms with Crippen molar-refractivity contribution in [2.75, 3.05) is 39.6 Å². The zero-order chi connectivity index (χ0) is 15.1. The Morgan fingerprint density at radius 3 is 2.20 bits per heavy atom. The first-order valence-electron chi connectivity index (χ1n) is 7.28. The fourth-order valence-corrected chi connectivity index (χ4v) is 1.34. The summed E-state index contributed by atoms with van der Waals surface area (Å²) in [6.45, 7) is 6.60. The molecule has 1 N–H and O–H groups in total. The van der Waals surface area contributed by atoms with Crippen LogP contribution in [-0.4, -0.2) is 51.5 Å². The van der Waals surface area contributed by atoms with E-state index in [9.17, 15) is 9.59 Å². The monoisotopic (exact) mass is 289 g/mol. The van der Waals surface area contributed by atoms with E-state index in [1.165, 1.54) is 0 Å². The van der Waals surface area contributed by atoms with Crippen LogP contribution in [0.15, 0.2) is 0 Å². The van der Waals surface area contributed by atoms with Crippen molar-refractivity contribution < 1.29 is 23.8 Å². The predicted molar refractivity (Wildman–Crippen MR) is 75.4 cm³/mol. The van der Waals surface area contributed by atoms with Crippen molar-refractivity contribution in [3.8, 4) is 0 Å². The minimum absolute atomic E-state index is 0.0536. The standard InChI is InChI=1S/C14H27NO5/c1-3-5-13(16)15-7-10-19-12-11-18-9-6-14(17)20-8-4-2/h3-12H2,1-2H3,(H,15,16). The maximum Gasteiger partial charge on any atom is 0.308 e. The van der Waals surface area contributed by atoms with E-state index in [-0.39, 0.29) is 18.3 Å². The minimum atomic E-state index is -0.230. The van der Waals surface area contributed by atoms with E-state index in [2.05, 4.69) is 5.32 Å². The van der Waals surface area contributed by atoms with Crippen LogP contribution in [0.1, 0.15) is 39.5 Å². The normalized spacial score (nSPS) is 10.3. The molecule has 1 amide bonds. The van der Waals surface area contributed by atoms with Gasteiger partial charge in [0, 0.05) is 13.0 Å². The lowest BCUT2D eigenvalue weighted by atomic mass is 10.3. The summed E-state index contributed by atoms with van der Waals surface area (Å²) in [7, 11) is 0. The van der Waals surface area contributed by atoms with Crippen molar-refractivity contribution in [1.29, 1.82) is 0 Å². The van der Waals surface area contributed by atoms with Gasteiger partial charge in [0.1, 0.15) is 0 Å². The van der Waals surface area contributed by atoms with E-state index in [1.54, 1.807) is 0 Å². The van der Waals surface area contributed by atoms with Gasteiger partial charge in [0.2, 0.25) is 5.91 Å². The molecule has 0 heterocycles. The molecule has 0 saturated heterocycles. The molecule has 0 radical (unpaired) electrons. The van der Waals surface area contributed by atoms with Crippen molar-refractivity contribution in [3.05, 3.63) is 0 Å². The summed E-state index contributed by atoms with van der Waals surface area (Å²) in [4.78, 5) is 22.2. The molecule has 0 rings (SSSR count). The molecule has 6 heteroatoms. The first-order valence-corrected chi connectivity index (χ1v) is 7.28. The smallest absolute Gasteiger partial charge is 0.308 e. The second-order valence-electron chi connectivity index (χ2n) is 4.30. The molecule has 0 aliphatic rings. The Morgan fingerprint density at radius 1 is 0.850 bits per heavy atom. The lowest BCUT2D eigenvalue weighted by Gasteiger charge is -2.07. The summed E-state index contributed by atoms with van der Waals surface area (Å²) in [6.07, 6.45) is 2.50. The number of carbonyl (C=O) groups is 2. The molecule has 0 aliphatic carbocycles. The molecule has 0 spiro atoms. The van der Waals surface area contributed by atoms with Crippen LogP contribution in [0.4, 0.5) is 0 Å². The third-order valence-corrected chi connectivity index (χ3v) is 2.34. The first kappa shape index (κ1) is 18.9. The third-order valence-electron chi connectivity index (χ3n) is 2.34. The summed E-state index contributed by atoms with van der Waals surface area (Å²) in [5.41, 5.74) is 0. The van der Waals surface area contributed by atoms with E-state index in [0.717, 1.165) is 12.8 Å². The Kier molecular flexibility index (Phi) is 13.5. The molecule has 0 atom stereocenters. The van der Waals surface area contributed by atoms with E-state index in [4.69, 9.17) is 14.2 Å². The Balaban J connectivity index is 3.17. The number of esters is 1. The Labute approximate surface area is 121 Å². The summed E-state index contributed by atoms with van der Waals surface area (Å²) in [6, 6.07) is 0. The highest BCUT2D eigenvalue weighted by molar-refractivity contribution is 5.75. The number of ether oxygens (including phenoxy) is 3. The molecule has 20 heavy (non-hydrogen) atoms. The van der Waals surface area contributed by atoms with Gasteiger partial charge in [-0.3, -0.25) is 9.59 Å². The van der Waals surface area contributed by atoms with Crippen LogP contribution in [0, 0.1) is 0 Å². The van der Waals surface area contributed by atoms with Crippen molar-refractivity contribution in [2.24, 2.45) is 0 Å². The topological polar surface area (TPSA) is 73.9 Å². The van der Waals surface area contributed by atoms with Gasteiger partial charge in [-0.2, -0.15) is 0 Å². The summed E-state index contributed by atoms with van der Waals surface area (Å²) < 4.78 is 15.4. The molecule has 0 aromatic rings. The highest BCUT2D eigenvalue weighted by Gasteiger charge is 2.01. The van der Waals surface area contributed by atoms with Crippen LogP contribution in [-0.2, 0) is 23.8 Å². The third kappa shape index (κ3) is 13.3. The van der Waals surface area contributed by atoms with Gasteiger partial charge < -0.3 is 19.5 Å². The minimum Gasteiger partial charge on any atom is -0.466 e. The molecule has 118 valence electrons. The number of carbonyl (C=O) groups excluding carboxylic acids is 2. The van der Waals surface area contributed by atoms with E-state index >= 15 is 0 Å². The molecular weight excluding hydrogens is 262 g/mol. The van der Waals surface area contributed by atoms with E-state index < -0.39 is 0 Å². The number of amides is 1. The van der Waals surface area contributed by atoms with E-state index in [0.29, 0.717) is 46.0 Å². The SMILES string of the molecule is CCCOC(=O)CCOCCOCCNC(=O)CCC. The quantitative estimate of drug-likeness (QED) is 0.408. The Morgan fingerprint density at radius 2 is 1.55 bits per heavy atom. The molecular formula is C14H27NO5. The maximum atomic E-state index is 11.1. The highest BCUT2D eigenvalue weighted by atomic mass is 16.5. The van der Waals surface area contributed by atoms with Gasteiger partial charge in [0.15, 0.2) is 0 Å². The molecule has 0 unspecified atom stereocenters. The average Bonchev–Trinajstić information content (AvgIpc) is 2.43. The van der Waals surface area contributed by atoms with Crippen LogP contribution < -0.4 is 5.32 Å². The second kappa shape index (κ2) is 14.3. The van der Waals surface area contributed by atoms with Crippen LogP contribution in [0.25, 0.3) is 0 Å². The van der Waals surface area contributed by atoms with Crippen LogP contribution in [0.5, 0.6) is 0 Å². The zero-order valence-electron chi connectivity index (χ0n) is 12.6. The molecule has 0 bridgehead atoms. The van der Waals surface area contributed by atoms with Crippen LogP contribution in [0.3, 0.4) is 0 Å². The van der Waals surface area contributed by atoms with Gasteiger partial charge in [-0.15, -0.1) is 0 Å². The maximum absolute atomic E-state index is 11.1. The van der Waals surface area contributed by atoms with Crippen LogP contribution in [0.2, 0.25) is 0 Å².